The molecule has 5 heterocycles. The van der Waals surface area contributed by atoms with Crippen molar-refractivity contribution in [2.75, 3.05) is 31.1 Å². The van der Waals surface area contributed by atoms with Gasteiger partial charge < -0.3 is 14.5 Å². The molecule has 0 radical (unpaired) electrons. The van der Waals surface area contributed by atoms with Gasteiger partial charge in [-0.25, -0.2) is 24.7 Å². The molecule has 2 fully saturated rings. The number of halogens is 3. The number of rotatable bonds is 2. The van der Waals surface area contributed by atoms with Gasteiger partial charge in [0.15, 0.2) is 17.2 Å². The Morgan fingerprint density at radius 3 is 2.43 bits per heavy atom. The second-order valence-electron chi connectivity index (χ2n) is 10.2. The molecule has 0 N–H and O–H groups in total. The van der Waals surface area contributed by atoms with Gasteiger partial charge in [0.25, 0.3) is 0 Å². The van der Waals surface area contributed by atoms with Crippen LogP contribution in [0.4, 0.5) is 23.8 Å². The highest BCUT2D eigenvalue weighted by molar-refractivity contribution is 5.68. The van der Waals surface area contributed by atoms with Crippen LogP contribution in [-0.2, 0) is 10.9 Å². The fraction of sp³-hybridized carbons (Fsp3) is 0.522. The van der Waals surface area contributed by atoms with Gasteiger partial charge in [0, 0.05) is 44.0 Å². The third-order valence-corrected chi connectivity index (χ3v) is 6.41. The summed E-state index contributed by atoms with van der Waals surface area (Å²) in [7, 11) is 0. The molecule has 2 aliphatic heterocycles. The monoisotopic (exact) mass is 489 g/mol. The first-order valence-corrected chi connectivity index (χ1v) is 11.4. The third-order valence-electron chi connectivity index (χ3n) is 6.41. The molecule has 0 unspecified atom stereocenters. The first-order chi connectivity index (χ1) is 16.4. The highest BCUT2D eigenvalue weighted by Crippen LogP contribution is 2.42. The maximum atomic E-state index is 13.1. The zero-order chi connectivity index (χ0) is 25.0. The maximum absolute atomic E-state index is 13.1. The number of likely N-dealkylation sites (tertiary alicyclic amines) is 1. The van der Waals surface area contributed by atoms with Gasteiger partial charge in [-0.15, -0.1) is 0 Å². The minimum Gasteiger partial charge on any atom is -0.444 e. The van der Waals surface area contributed by atoms with E-state index in [4.69, 9.17) is 4.74 Å². The quantitative estimate of drug-likeness (QED) is 0.537. The van der Waals surface area contributed by atoms with Crippen LogP contribution in [0.1, 0.15) is 39.3 Å². The smallest absolute Gasteiger partial charge is 0.434 e. The average Bonchev–Trinajstić information content (AvgIpc) is 3.19. The van der Waals surface area contributed by atoms with Crippen molar-refractivity contribution in [3.8, 4) is 11.5 Å². The Kier molecular flexibility index (Phi) is 5.37. The lowest BCUT2D eigenvalue weighted by atomic mass is 9.72. The number of imidazole rings is 1. The maximum Gasteiger partial charge on any atom is 0.434 e. The van der Waals surface area contributed by atoms with Gasteiger partial charge in [-0.1, -0.05) is 0 Å². The number of alkyl halides is 3. The SMILES string of the molecule is CC(C)(C)OC(=O)N1CCC2(CC1)CN(c1ccnc(-c3cnc4cnc(C(F)(F)F)cn34)n1)C2. The molecule has 2 saturated heterocycles. The lowest BCUT2D eigenvalue weighted by molar-refractivity contribution is -0.141. The summed E-state index contributed by atoms with van der Waals surface area (Å²) in [4.78, 5) is 32.7. The molecule has 35 heavy (non-hydrogen) atoms. The van der Waals surface area contributed by atoms with Crippen LogP contribution in [0.5, 0.6) is 0 Å². The van der Waals surface area contributed by atoms with Crippen molar-refractivity contribution in [2.45, 2.75) is 45.4 Å². The highest BCUT2D eigenvalue weighted by atomic mass is 19.4. The van der Waals surface area contributed by atoms with E-state index in [0.717, 1.165) is 38.3 Å². The molecule has 3 aromatic heterocycles. The zero-order valence-electron chi connectivity index (χ0n) is 19.7. The topological polar surface area (TPSA) is 88.8 Å². The molecule has 186 valence electrons. The van der Waals surface area contributed by atoms with Crippen LogP contribution in [0, 0.1) is 5.41 Å². The number of ether oxygens (including phenoxy) is 1. The lowest BCUT2D eigenvalue weighted by Crippen LogP contribution is -2.61. The molecule has 9 nitrogen and oxygen atoms in total. The summed E-state index contributed by atoms with van der Waals surface area (Å²) in [6, 6.07) is 1.79. The minimum absolute atomic E-state index is 0.111. The fourth-order valence-corrected chi connectivity index (χ4v) is 4.58. The van der Waals surface area contributed by atoms with Crippen molar-refractivity contribution < 1.29 is 22.7 Å². The number of carbonyl (C=O) groups excluding carboxylic acids is 1. The van der Waals surface area contributed by atoms with Gasteiger partial charge in [-0.05, 0) is 39.7 Å². The van der Waals surface area contributed by atoms with Gasteiger partial charge in [0.2, 0.25) is 0 Å². The molecule has 0 atom stereocenters. The van der Waals surface area contributed by atoms with E-state index in [1.165, 1.54) is 10.6 Å². The van der Waals surface area contributed by atoms with Crippen molar-refractivity contribution in [3.05, 3.63) is 36.5 Å². The summed E-state index contributed by atoms with van der Waals surface area (Å²) in [5, 5.41) is 0. The Morgan fingerprint density at radius 1 is 1.06 bits per heavy atom. The number of hydrogen-bond acceptors (Lipinski definition) is 7. The summed E-state index contributed by atoms with van der Waals surface area (Å²) in [5.74, 6) is 0.991. The first kappa shape index (κ1) is 23.3. The van der Waals surface area contributed by atoms with E-state index < -0.39 is 17.5 Å². The van der Waals surface area contributed by atoms with Crippen LogP contribution < -0.4 is 4.90 Å². The summed E-state index contributed by atoms with van der Waals surface area (Å²) in [6.45, 7) is 8.45. The van der Waals surface area contributed by atoms with Crippen LogP contribution in [0.2, 0.25) is 0 Å². The van der Waals surface area contributed by atoms with E-state index >= 15 is 0 Å². The molecule has 1 spiro atoms. The van der Waals surface area contributed by atoms with Crippen molar-refractivity contribution in [3.63, 3.8) is 0 Å². The summed E-state index contributed by atoms with van der Waals surface area (Å²) in [6.07, 6.45) is 1.94. The predicted octanol–water partition coefficient (Wildman–Crippen LogP) is 4.04. The number of aromatic nitrogens is 5. The molecule has 3 aromatic rings. The van der Waals surface area contributed by atoms with Gasteiger partial charge in [-0.3, -0.25) is 4.40 Å². The Labute approximate surface area is 200 Å². The van der Waals surface area contributed by atoms with E-state index in [1.54, 1.807) is 17.2 Å². The standard InChI is InChI=1S/C23H26F3N7O2/c1-21(2,3)35-20(34)31-8-5-22(6-9-31)13-32(14-22)17-4-7-27-19(30-17)15-10-29-18-11-28-16(12-33(15)18)23(24,25)26/h4,7,10-12H,5-6,8-9,13-14H2,1-3H3. The van der Waals surface area contributed by atoms with Crippen LogP contribution in [0.3, 0.4) is 0 Å². The summed E-state index contributed by atoms with van der Waals surface area (Å²) < 4.78 is 46.2. The normalized spacial score (nSPS) is 18.1. The molecular weight excluding hydrogens is 463 g/mol. The molecule has 0 bridgehead atoms. The van der Waals surface area contributed by atoms with Crippen LogP contribution in [-0.4, -0.2) is 67.1 Å². The number of hydrogen-bond donors (Lipinski definition) is 0. The molecule has 0 aromatic carbocycles. The number of carbonyl (C=O) groups is 1. The van der Waals surface area contributed by atoms with Crippen LogP contribution in [0.25, 0.3) is 17.2 Å². The van der Waals surface area contributed by atoms with Crippen LogP contribution >= 0.6 is 0 Å². The summed E-state index contributed by atoms with van der Waals surface area (Å²) in [5.41, 5.74) is -0.782. The number of anilines is 1. The van der Waals surface area contributed by atoms with Crippen LogP contribution in [0.15, 0.2) is 30.9 Å². The zero-order valence-corrected chi connectivity index (χ0v) is 19.7. The highest BCUT2D eigenvalue weighted by Gasteiger charge is 2.46. The van der Waals surface area contributed by atoms with Crippen molar-refractivity contribution in [2.24, 2.45) is 5.41 Å². The van der Waals surface area contributed by atoms with E-state index in [-0.39, 0.29) is 23.0 Å². The Balaban J connectivity index is 1.28. The number of piperidine rings is 1. The van der Waals surface area contributed by atoms with Crippen molar-refractivity contribution >= 4 is 17.6 Å². The minimum atomic E-state index is -4.57. The molecular formula is C23H26F3N7O2. The Hall–Kier alpha value is -3.44. The van der Waals surface area contributed by atoms with Gasteiger partial charge in [0.1, 0.15) is 17.1 Å². The second-order valence-corrected chi connectivity index (χ2v) is 10.2. The average molecular weight is 490 g/mol. The molecule has 1 amide bonds. The molecule has 5 rings (SSSR count). The predicted molar refractivity (Wildman–Crippen MR) is 121 cm³/mol. The first-order valence-electron chi connectivity index (χ1n) is 11.4. The Morgan fingerprint density at radius 2 is 1.77 bits per heavy atom. The van der Waals surface area contributed by atoms with E-state index in [9.17, 15) is 18.0 Å². The van der Waals surface area contributed by atoms with Crippen molar-refractivity contribution in [1.82, 2.24) is 29.2 Å². The fourth-order valence-electron chi connectivity index (χ4n) is 4.58. The molecule has 0 saturated carbocycles. The largest absolute Gasteiger partial charge is 0.444 e. The van der Waals surface area contributed by atoms with Gasteiger partial charge >= 0.3 is 12.3 Å². The second kappa shape index (κ2) is 8.06. The molecule has 2 aliphatic rings. The Bertz CT molecular complexity index is 1250. The van der Waals surface area contributed by atoms with Crippen molar-refractivity contribution in [1.29, 1.82) is 0 Å². The summed E-state index contributed by atoms with van der Waals surface area (Å²) >= 11 is 0. The van der Waals surface area contributed by atoms with E-state index in [1.807, 2.05) is 20.8 Å². The van der Waals surface area contributed by atoms with E-state index in [2.05, 4.69) is 24.8 Å². The molecule has 12 heteroatoms. The lowest BCUT2D eigenvalue weighted by Gasteiger charge is -2.54. The van der Waals surface area contributed by atoms with E-state index in [0.29, 0.717) is 24.6 Å². The number of nitrogens with zero attached hydrogens (tertiary/aromatic N) is 7. The van der Waals surface area contributed by atoms with Gasteiger partial charge in [-0.2, -0.15) is 13.2 Å². The molecule has 0 aliphatic carbocycles. The third kappa shape index (κ3) is 4.61. The van der Waals surface area contributed by atoms with Gasteiger partial charge in [0.05, 0.1) is 12.4 Å². The number of fused-ring (bicyclic) bond motifs is 1. The number of amides is 1.